The lowest BCUT2D eigenvalue weighted by molar-refractivity contribution is -0.113. The summed E-state index contributed by atoms with van der Waals surface area (Å²) < 4.78 is 5.72. The number of nitrogens with two attached hydrogens (primary N) is 1. The number of H-pyrrole nitrogens is 1. The quantitative estimate of drug-likeness (QED) is 0.224. The first-order valence-electron chi connectivity index (χ1n) is 8.10. The van der Waals surface area contributed by atoms with E-state index in [1.165, 1.54) is 41.5 Å². The van der Waals surface area contributed by atoms with Crippen LogP contribution in [-0.4, -0.2) is 43.5 Å². The Bertz CT molecular complexity index is 1060. The normalized spacial score (nSPS) is 10.7. The number of thioether (sulfide) groups is 2. The molecule has 3 aromatic rings. The molecule has 0 atom stereocenters. The van der Waals surface area contributed by atoms with Gasteiger partial charge in [-0.3, -0.25) is 24.7 Å². The van der Waals surface area contributed by atoms with Gasteiger partial charge in [0, 0.05) is 0 Å². The van der Waals surface area contributed by atoms with Crippen molar-refractivity contribution in [2.24, 2.45) is 0 Å². The number of carbonyl (C=O) groups excluding carboxylic acids is 2. The first kappa shape index (κ1) is 20.9. The van der Waals surface area contributed by atoms with E-state index < -0.39 is 11.5 Å². The molecule has 14 heteroatoms. The van der Waals surface area contributed by atoms with Gasteiger partial charge in [-0.1, -0.05) is 41.8 Å². The smallest absolute Gasteiger partial charge is 0.291 e. The van der Waals surface area contributed by atoms with Gasteiger partial charge >= 0.3 is 0 Å². The van der Waals surface area contributed by atoms with Gasteiger partial charge in [-0.15, -0.1) is 10.2 Å². The lowest BCUT2D eigenvalue weighted by Gasteiger charge is -2.07. The molecular formula is C15H15N7O4S3. The number of hydrogen-bond acceptors (Lipinski definition) is 11. The average molecular weight is 454 g/mol. The number of hydrogen-bond donors (Lipinski definition) is 4. The van der Waals surface area contributed by atoms with Gasteiger partial charge in [-0.05, 0) is 17.9 Å². The molecule has 152 valence electrons. The van der Waals surface area contributed by atoms with Crippen molar-refractivity contribution in [1.29, 1.82) is 0 Å². The van der Waals surface area contributed by atoms with Crippen molar-refractivity contribution in [3.05, 3.63) is 34.5 Å². The molecule has 2 amide bonds. The van der Waals surface area contributed by atoms with Gasteiger partial charge in [-0.2, -0.15) is 0 Å². The molecule has 3 heterocycles. The number of amides is 2. The lowest BCUT2D eigenvalue weighted by atomic mass is 10.4. The largest absolute Gasteiger partial charge is 0.459 e. The monoisotopic (exact) mass is 453 g/mol. The van der Waals surface area contributed by atoms with E-state index in [9.17, 15) is 14.4 Å². The third-order valence-corrected chi connectivity index (χ3v) is 5.90. The standard InChI is InChI=1S/C15H15N7O4S3/c1-2-27-15-22-21-14(29-15)17-8(23)6-28-13-19-10(16)9(12(25)20-13)18-11(24)7-4-3-5-26-7/h3-5H,2,6H2,1H3,(H,18,24)(H,17,21,23)(H3,16,19,20,25). The summed E-state index contributed by atoms with van der Waals surface area (Å²) in [5, 5.41) is 13.3. The third kappa shape index (κ3) is 5.58. The fourth-order valence-corrected chi connectivity index (χ4v) is 4.31. The Morgan fingerprint density at radius 2 is 2.14 bits per heavy atom. The van der Waals surface area contributed by atoms with Crippen LogP contribution in [0.1, 0.15) is 17.5 Å². The fourth-order valence-electron chi connectivity index (χ4n) is 1.97. The SMILES string of the molecule is CCSc1nnc(NC(=O)CSc2nc(N)c(NC(=O)c3ccco3)c(=O)[nH]2)s1. The maximum Gasteiger partial charge on any atom is 0.291 e. The van der Waals surface area contributed by atoms with Crippen LogP contribution in [0.2, 0.25) is 0 Å². The van der Waals surface area contributed by atoms with Crippen LogP contribution in [0.3, 0.4) is 0 Å². The number of furan rings is 1. The second kappa shape index (κ2) is 9.58. The van der Waals surface area contributed by atoms with Gasteiger partial charge in [0.05, 0.1) is 12.0 Å². The fraction of sp³-hybridized carbons (Fsp3) is 0.200. The van der Waals surface area contributed by atoms with Crippen molar-refractivity contribution in [3.63, 3.8) is 0 Å². The summed E-state index contributed by atoms with van der Waals surface area (Å²) in [6.07, 6.45) is 1.33. The predicted molar refractivity (Wildman–Crippen MR) is 112 cm³/mol. The van der Waals surface area contributed by atoms with Crippen molar-refractivity contribution < 1.29 is 14.0 Å². The number of anilines is 3. The van der Waals surface area contributed by atoms with Gasteiger partial charge in [-0.25, -0.2) is 4.98 Å². The van der Waals surface area contributed by atoms with Gasteiger partial charge in [0.2, 0.25) is 11.0 Å². The zero-order valence-electron chi connectivity index (χ0n) is 14.9. The van der Waals surface area contributed by atoms with Crippen LogP contribution < -0.4 is 21.9 Å². The first-order valence-corrected chi connectivity index (χ1v) is 10.9. The highest BCUT2D eigenvalue weighted by molar-refractivity contribution is 8.01. The van der Waals surface area contributed by atoms with Crippen LogP contribution in [-0.2, 0) is 4.79 Å². The Labute approximate surface area is 176 Å². The van der Waals surface area contributed by atoms with Crippen molar-refractivity contribution in [3.8, 4) is 0 Å². The summed E-state index contributed by atoms with van der Waals surface area (Å²) in [6.45, 7) is 1.99. The minimum absolute atomic E-state index is 0.0242. The predicted octanol–water partition coefficient (Wildman–Crippen LogP) is 1.89. The molecule has 29 heavy (non-hydrogen) atoms. The number of rotatable bonds is 8. The van der Waals surface area contributed by atoms with Gasteiger partial charge in [0.15, 0.2) is 26.8 Å². The van der Waals surface area contributed by atoms with E-state index in [4.69, 9.17) is 10.2 Å². The van der Waals surface area contributed by atoms with E-state index in [-0.39, 0.29) is 34.1 Å². The highest BCUT2D eigenvalue weighted by Crippen LogP contribution is 2.25. The molecule has 0 saturated heterocycles. The molecule has 0 unspecified atom stereocenters. The topological polar surface area (TPSA) is 169 Å². The molecule has 0 aliphatic heterocycles. The van der Waals surface area contributed by atoms with Crippen LogP contribution in [0.4, 0.5) is 16.6 Å². The second-order valence-corrected chi connectivity index (χ2v) is 8.66. The van der Waals surface area contributed by atoms with Crippen LogP contribution in [0.15, 0.2) is 37.1 Å². The number of nitrogens with zero attached hydrogens (tertiary/aromatic N) is 3. The Morgan fingerprint density at radius 1 is 1.31 bits per heavy atom. The van der Waals surface area contributed by atoms with E-state index in [1.807, 2.05) is 6.92 Å². The summed E-state index contributed by atoms with van der Waals surface area (Å²) >= 11 is 3.79. The maximum absolute atomic E-state index is 12.2. The number of nitrogens with one attached hydrogen (secondary N) is 3. The molecule has 0 aliphatic rings. The number of carbonyl (C=O) groups is 2. The van der Waals surface area contributed by atoms with Crippen LogP contribution in [0, 0.1) is 0 Å². The molecule has 3 rings (SSSR count). The van der Waals surface area contributed by atoms with Gasteiger partial charge in [0.1, 0.15) is 0 Å². The molecule has 0 fully saturated rings. The molecule has 0 aromatic carbocycles. The molecule has 0 radical (unpaired) electrons. The van der Waals surface area contributed by atoms with Crippen LogP contribution in [0.5, 0.6) is 0 Å². The number of aromatic nitrogens is 4. The van der Waals surface area contributed by atoms with Crippen molar-refractivity contribution >= 4 is 63.3 Å². The number of aromatic amines is 1. The Kier molecular flexibility index (Phi) is 6.90. The highest BCUT2D eigenvalue weighted by atomic mass is 32.2. The van der Waals surface area contributed by atoms with Crippen molar-refractivity contribution in [1.82, 2.24) is 20.2 Å². The van der Waals surface area contributed by atoms with E-state index in [0.717, 1.165) is 21.9 Å². The summed E-state index contributed by atoms with van der Waals surface area (Å²) in [4.78, 5) is 42.7. The summed E-state index contributed by atoms with van der Waals surface area (Å²) in [5.74, 6) is -0.298. The van der Waals surface area contributed by atoms with Gasteiger partial charge in [0.25, 0.3) is 11.5 Å². The van der Waals surface area contributed by atoms with Gasteiger partial charge < -0.3 is 15.5 Å². The highest BCUT2D eigenvalue weighted by Gasteiger charge is 2.16. The summed E-state index contributed by atoms with van der Waals surface area (Å²) in [5.41, 5.74) is 4.93. The van der Waals surface area contributed by atoms with Crippen LogP contribution >= 0.6 is 34.9 Å². The molecule has 3 aromatic heterocycles. The summed E-state index contributed by atoms with van der Waals surface area (Å²) in [7, 11) is 0. The molecule has 5 N–H and O–H groups in total. The number of nitrogen functional groups attached to an aromatic ring is 1. The molecular weight excluding hydrogens is 438 g/mol. The van der Waals surface area contributed by atoms with Crippen LogP contribution in [0.25, 0.3) is 0 Å². The second-order valence-electron chi connectivity index (χ2n) is 5.21. The summed E-state index contributed by atoms with van der Waals surface area (Å²) in [6, 6.07) is 2.98. The molecule has 0 saturated carbocycles. The van der Waals surface area contributed by atoms with E-state index in [0.29, 0.717) is 5.13 Å². The zero-order valence-corrected chi connectivity index (χ0v) is 17.4. The minimum atomic E-state index is -0.648. The van der Waals surface area contributed by atoms with E-state index in [2.05, 4.69) is 30.8 Å². The third-order valence-electron chi connectivity index (χ3n) is 3.17. The average Bonchev–Trinajstić information content (AvgIpc) is 3.35. The zero-order chi connectivity index (χ0) is 20.8. The van der Waals surface area contributed by atoms with E-state index >= 15 is 0 Å². The maximum atomic E-state index is 12.2. The molecule has 0 bridgehead atoms. The minimum Gasteiger partial charge on any atom is -0.459 e. The molecule has 0 aliphatic carbocycles. The molecule has 0 spiro atoms. The Balaban J connectivity index is 1.59. The van der Waals surface area contributed by atoms with Crippen molar-refractivity contribution in [2.75, 3.05) is 27.9 Å². The first-order chi connectivity index (χ1) is 14.0. The Morgan fingerprint density at radius 3 is 2.83 bits per heavy atom. The van der Waals surface area contributed by atoms with E-state index in [1.54, 1.807) is 0 Å². The molecule has 11 nitrogen and oxygen atoms in total. The Hall–Kier alpha value is -2.84. The lowest BCUT2D eigenvalue weighted by Crippen LogP contribution is -2.23. The van der Waals surface area contributed by atoms with Crippen molar-refractivity contribution in [2.45, 2.75) is 16.4 Å².